The van der Waals surface area contributed by atoms with E-state index in [9.17, 15) is 15.2 Å². The minimum absolute atomic E-state index is 0.0211. The molecule has 2 heterocycles. The van der Waals surface area contributed by atoms with Crippen LogP contribution in [0.25, 0.3) is 27.6 Å². The summed E-state index contributed by atoms with van der Waals surface area (Å²) in [6.45, 7) is 11.9. The number of nitrogens with zero attached hydrogens (tertiary/aromatic N) is 2. The molecule has 8 heteroatoms. The lowest BCUT2D eigenvalue weighted by atomic mass is 9.75. The number of esters is 1. The molecule has 208 valence electrons. The largest absolute Gasteiger partial charge is 0.489 e. The Morgan fingerprint density at radius 2 is 1.64 bits per heavy atom. The van der Waals surface area contributed by atoms with Crippen LogP contribution < -0.4 is 0 Å². The predicted octanol–water partition coefficient (Wildman–Crippen LogP) is 9.83. The van der Waals surface area contributed by atoms with Gasteiger partial charge in [-0.05, 0) is 76.9 Å². The standard InChI is InChI=1S/C34H24Br2N2O4/c1-34(2)17-20(4-14-27-29(26(19-37)32(39)41-27)22-6-10-24(35)11-7-22)16-21(18-34)5-15-28-30(31(38-3)33(40)42-28)23-8-12-25(36)13-9-23/h4-16,40H,17-18H2,1-2H3/b15-5+,20-4-,27-14-. The number of nitriles is 1. The monoisotopic (exact) mass is 682 g/mol. The van der Waals surface area contributed by atoms with Crippen LogP contribution in [0.3, 0.4) is 0 Å². The highest BCUT2D eigenvalue weighted by molar-refractivity contribution is 9.10. The van der Waals surface area contributed by atoms with Crippen LogP contribution in [0.2, 0.25) is 0 Å². The Morgan fingerprint density at radius 1 is 1.00 bits per heavy atom. The normalized spacial score (nSPS) is 18.3. The Hall–Kier alpha value is -4.37. The van der Waals surface area contributed by atoms with E-state index in [4.69, 9.17) is 15.7 Å². The van der Waals surface area contributed by atoms with Crippen molar-refractivity contribution in [3.63, 3.8) is 0 Å². The van der Waals surface area contributed by atoms with Gasteiger partial charge in [-0.25, -0.2) is 9.64 Å². The summed E-state index contributed by atoms with van der Waals surface area (Å²) in [6.07, 6.45) is 11.0. The average Bonchev–Trinajstić information content (AvgIpc) is 3.45. The van der Waals surface area contributed by atoms with Crippen molar-refractivity contribution in [1.29, 1.82) is 5.26 Å². The number of hydrogen-bond donors (Lipinski definition) is 1. The molecule has 0 saturated carbocycles. The van der Waals surface area contributed by atoms with Crippen LogP contribution in [0.4, 0.5) is 5.69 Å². The molecule has 1 aliphatic heterocycles. The zero-order valence-corrected chi connectivity index (χ0v) is 25.9. The number of hydrogen-bond acceptors (Lipinski definition) is 5. The van der Waals surface area contributed by atoms with Gasteiger partial charge < -0.3 is 14.3 Å². The molecule has 5 rings (SSSR count). The summed E-state index contributed by atoms with van der Waals surface area (Å²) in [5.74, 6) is -0.350. The Labute approximate surface area is 260 Å². The summed E-state index contributed by atoms with van der Waals surface area (Å²) >= 11 is 6.85. The molecule has 0 saturated heterocycles. The van der Waals surface area contributed by atoms with E-state index in [0.29, 0.717) is 22.7 Å². The van der Waals surface area contributed by atoms with Crippen molar-refractivity contribution >= 4 is 55.2 Å². The highest BCUT2D eigenvalue weighted by Crippen LogP contribution is 2.45. The van der Waals surface area contributed by atoms with Crippen LogP contribution >= 0.6 is 31.9 Å². The van der Waals surface area contributed by atoms with Gasteiger partial charge in [-0.1, -0.05) is 88.2 Å². The van der Waals surface area contributed by atoms with Gasteiger partial charge in [0.1, 0.15) is 23.2 Å². The van der Waals surface area contributed by atoms with Crippen LogP contribution in [0.5, 0.6) is 5.95 Å². The Bertz CT molecular complexity index is 1820. The molecule has 42 heavy (non-hydrogen) atoms. The fourth-order valence-corrected chi connectivity index (χ4v) is 5.71. The zero-order valence-electron chi connectivity index (χ0n) is 22.7. The molecule has 0 amide bonds. The number of halogens is 2. The maximum absolute atomic E-state index is 12.4. The lowest BCUT2D eigenvalue weighted by molar-refractivity contribution is -0.132. The Balaban J connectivity index is 1.50. The van der Waals surface area contributed by atoms with Crippen LogP contribution in [-0.2, 0) is 9.53 Å². The van der Waals surface area contributed by atoms with Gasteiger partial charge in [-0.3, -0.25) is 0 Å². The van der Waals surface area contributed by atoms with Gasteiger partial charge in [0.2, 0.25) is 0 Å². The molecule has 2 aliphatic rings. The van der Waals surface area contributed by atoms with Crippen molar-refractivity contribution in [2.45, 2.75) is 26.7 Å². The van der Waals surface area contributed by atoms with Gasteiger partial charge >= 0.3 is 5.97 Å². The van der Waals surface area contributed by atoms with Gasteiger partial charge in [-0.2, -0.15) is 5.26 Å². The number of carbonyl (C=O) groups excluding carboxylic acids is 1. The number of carbonyl (C=O) groups is 1. The van der Waals surface area contributed by atoms with Gasteiger partial charge in [0, 0.05) is 20.1 Å². The Morgan fingerprint density at radius 3 is 2.26 bits per heavy atom. The third-order valence-corrected chi connectivity index (χ3v) is 7.98. The number of cyclic esters (lactones) is 1. The first-order valence-electron chi connectivity index (χ1n) is 13.0. The van der Waals surface area contributed by atoms with Crippen molar-refractivity contribution in [3.05, 3.63) is 127 Å². The maximum atomic E-state index is 12.4. The second kappa shape index (κ2) is 11.9. The number of allylic oxidation sites excluding steroid dienone is 7. The fraction of sp³-hybridized carbons (Fsp3) is 0.147. The molecule has 3 aromatic rings. The van der Waals surface area contributed by atoms with Crippen molar-refractivity contribution in [2.24, 2.45) is 5.41 Å². The SMILES string of the molecule is [C-]#[N+]c1c(O)oc(/C=C/C2=CC(=C/C=C3\OC(=O)C(C#N)=C3c3ccc(Br)cc3)/CC(C)(C)C2)c1-c1ccc(Br)cc1. The summed E-state index contributed by atoms with van der Waals surface area (Å²) in [7, 11) is 0. The molecule has 1 aliphatic carbocycles. The van der Waals surface area contributed by atoms with E-state index in [1.165, 1.54) is 0 Å². The van der Waals surface area contributed by atoms with E-state index < -0.39 is 11.9 Å². The smallest absolute Gasteiger partial charge is 0.355 e. The van der Waals surface area contributed by atoms with E-state index >= 15 is 0 Å². The van der Waals surface area contributed by atoms with E-state index in [-0.39, 0.29) is 16.7 Å². The molecule has 6 nitrogen and oxygen atoms in total. The number of benzene rings is 2. The molecule has 0 spiro atoms. The first-order valence-corrected chi connectivity index (χ1v) is 14.6. The molecule has 0 radical (unpaired) electrons. The highest BCUT2D eigenvalue weighted by atomic mass is 79.9. The third-order valence-electron chi connectivity index (χ3n) is 6.92. The minimum Gasteiger partial charge on any atom is -0.489 e. The number of furan rings is 1. The van der Waals surface area contributed by atoms with E-state index in [1.54, 1.807) is 12.2 Å². The van der Waals surface area contributed by atoms with E-state index in [1.807, 2.05) is 66.8 Å². The topological polar surface area (TPSA) is 87.8 Å². The number of ether oxygens (including phenoxy) is 1. The third kappa shape index (κ3) is 6.11. The molecule has 0 unspecified atom stereocenters. The molecule has 2 aromatic carbocycles. The summed E-state index contributed by atoms with van der Waals surface area (Å²) in [6, 6.07) is 16.8. The van der Waals surface area contributed by atoms with Crippen molar-refractivity contribution in [1.82, 2.24) is 0 Å². The summed E-state index contributed by atoms with van der Waals surface area (Å²) < 4.78 is 12.9. The Kier molecular flexibility index (Phi) is 8.22. The maximum Gasteiger partial charge on any atom is 0.355 e. The van der Waals surface area contributed by atoms with Gasteiger partial charge in [0.25, 0.3) is 11.6 Å². The van der Waals surface area contributed by atoms with Crippen molar-refractivity contribution in [2.75, 3.05) is 0 Å². The summed E-state index contributed by atoms with van der Waals surface area (Å²) in [5, 5.41) is 20.0. The van der Waals surface area contributed by atoms with Gasteiger partial charge in [0.15, 0.2) is 0 Å². The first kappa shape index (κ1) is 29.1. The first-order chi connectivity index (χ1) is 20.1. The molecular formula is C34H24Br2N2O4. The van der Waals surface area contributed by atoms with Gasteiger partial charge in [0.05, 0.1) is 6.57 Å². The van der Waals surface area contributed by atoms with Crippen LogP contribution in [0, 0.1) is 23.3 Å². The second-order valence-electron chi connectivity index (χ2n) is 10.7. The molecule has 1 aromatic heterocycles. The molecule has 1 N–H and O–H groups in total. The van der Waals surface area contributed by atoms with Crippen LogP contribution in [0.1, 0.15) is 38.0 Å². The second-order valence-corrected chi connectivity index (χ2v) is 12.5. The van der Waals surface area contributed by atoms with Crippen molar-refractivity contribution < 1.29 is 19.1 Å². The molecule has 0 fully saturated rings. The summed E-state index contributed by atoms with van der Waals surface area (Å²) in [4.78, 5) is 15.9. The van der Waals surface area contributed by atoms with E-state index in [0.717, 1.165) is 44.1 Å². The highest BCUT2D eigenvalue weighted by Gasteiger charge is 2.31. The quantitative estimate of drug-likeness (QED) is 0.214. The van der Waals surface area contributed by atoms with Crippen LogP contribution in [0.15, 0.2) is 109 Å². The van der Waals surface area contributed by atoms with Crippen LogP contribution in [-0.4, -0.2) is 11.1 Å². The average molecular weight is 684 g/mol. The minimum atomic E-state index is -0.662. The van der Waals surface area contributed by atoms with E-state index in [2.05, 4.69) is 56.6 Å². The summed E-state index contributed by atoms with van der Waals surface area (Å²) in [5.41, 5.74) is 4.52. The zero-order chi connectivity index (χ0) is 30.0. The fourth-order valence-electron chi connectivity index (χ4n) is 5.18. The predicted molar refractivity (Wildman–Crippen MR) is 169 cm³/mol. The van der Waals surface area contributed by atoms with Crippen molar-refractivity contribution in [3.8, 4) is 23.1 Å². The molecule has 0 atom stereocenters. The lowest BCUT2D eigenvalue weighted by Crippen LogP contribution is -2.16. The molecule has 0 bridgehead atoms. The number of aromatic hydroxyl groups is 1. The molecular weight excluding hydrogens is 660 g/mol. The van der Waals surface area contributed by atoms with Gasteiger partial charge in [-0.15, -0.1) is 0 Å². The lowest BCUT2D eigenvalue weighted by Gasteiger charge is -2.30. The number of rotatable bonds is 5.